The second-order valence-corrected chi connectivity index (χ2v) is 10.8. The van der Waals surface area contributed by atoms with E-state index in [4.69, 9.17) is 31.5 Å². The average molecular weight is 501 g/mol. The van der Waals surface area contributed by atoms with Crippen LogP contribution in [0.5, 0.6) is 17.2 Å². The third-order valence-corrected chi connectivity index (χ3v) is 7.66. The minimum Gasteiger partial charge on any atom is -0.496 e. The first kappa shape index (κ1) is 25.3. The van der Waals surface area contributed by atoms with E-state index in [1.807, 2.05) is 19.1 Å². The number of anilines is 1. The van der Waals surface area contributed by atoms with Crippen LogP contribution in [0, 0.1) is 11.8 Å². The molecule has 1 fully saturated rings. The van der Waals surface area contributed by atoms with Crippen LogP contribution >= 0.6 is 11.6 Å². The highest BCUT2D eigenvalue weighted by atomic mass is 35.5. The van der Waals surface area contributed by atoms with Gasteiger partial charge < -0.3 is 25.3 Å². The number of hydrogen-bond donors (Lipinski definition) is 2. The number of carbonyl (C=O) groups is 2. The highest BCUT2D eigenvalue weighted by molar-refractivity contribution is 6.35. The molecule has 2 unspecified atom stereocenters. The molecule has 1 aliphatic carbocycles. The number of halogens is 1. The molecule has 35 heavy (non-hydrogen) atoms. The lowest BCUT2D eigenvalue weighted by molar-refractivity contribution is -0.132. The molecule has 8 heteroatoms. The number of ketones is 2. The number of Topliss-reactive ketones (excluding diaryl/α,β-unsaturated/α-hetero) is 2. The van der Waals surface area contributed by atoms with E-state index in [0.717, 1.165) is 5.69 Å². The van der Waals surface area contributed by atoms with Gasteiger partial charge in [-0.1, -0.05) is 51.4 Å². The molecule has 4 atom stereocenters. The van der Waals surface area contributed by atoms with Crippen molar-refractivity contribution >= 4 is 28.9 Å². The second kappa shape index (κ2) is 9.03. The van der Waals surface area contributed by atoms with Crippen molar-refractivity contribution in [3.63, 3.8) is 0 Å². The van der Waals surface area contributed by atoms with E-state index in [0.29, 0.717) is 11.5 Å². The van der Waals surface area contributed by atoms with Crippen molar-refractivity contribution < 1.29 is 23.8 Å². The van der Waals surface area contributed by atoms with E-state index in [9.17, 15) is 9.59 Å². The van der Waals surface area contributed by atoms with Crippen LogP contribution in [-0.2, 0) is 10.2 Å². The van der Waals surface area contributed by atoms with E-state index in [1.165, 1.54) is 19.8 Å². The van der Waals surface area contributed by atoms with E-state index in [2.05, 4.69) is 38.2 Å². The molecule has 1 aliphatic heterocycles. The quantitative estimate of drug-likeness (QED) is 0.617. The summed E-state index contributed by atoms with van der Waals surface area (Å²) in [7, 11) is 2.94. The lowest BCUT2D eigenvalue weighted by Crippen LogP contribution is -2.67. The van der Waals surface area contributed by atoms with Crippen molar-refractivity contribution in [3.05, 3.63) is 46.5 Å². The number of nitrogens with two attached hydrogens (primary N) is 1. The van der Waals surface area contributed by atoms with Gasteiger partial charge in [0.15, 0.2) is 11.4 Å². The first-order chi connectivity index (χ1) is 16.4. The number of methoxy groups -OCH3 is 2. The zero-order valence-corrected chi connectivity index (χ0v) is 21.8. The van der Waals surface area contributed by atoms with Gasteiger partial charge in [-0.25, -0.2) is 0 Å². The van der Waals surface area contributed by atoms with Crippen molar-refractivity contribution in [2.24, 2.45) is 17.6 Å². The molecule has 2 aromatic carbocycles. The predicted molar refractivity (Wildman–Crippen MR) is 136 cm³/mol. The Balaban J connectivity index is 1.63. The van der Waals surface area contributed by atoms with Crippen LogP contribution in [0.15, 0.2) is 30.3 Å². The van der Waals surface area contributed by atoms with Crippen LogP contribution in [-0.4, -0.2) is 44.0 Å². The number of fused-ring (bicyclic) bond motifs is 1. The van der Waals surface area contributed by atoms with E-state index in [-0.39, 0.29) is 46.3 Å². The molecule has 3 N–H and O–H groups in total. The Kier molecular flexibility index (Phi) is 6.53. The van der Waals surface area contributed by atoms with Crippen molar-refractivity contribution in [1.82, 2.24) is 0 Å². The molecule has 1 saturated carbocycles. The van der Waals surface area contributed by atoms with Crippen molar-refractivity contribution in [2.45, 2.75) is 51.2 Å². The monoisotopic (exact) mass is 500 g/mol. The number of ether oxygens (including phenoxy) is 3. The Labute approximate surface area is 211 Å². The molecule has 7 nitrogen and oxygen atoms in total. The number of benzene rings is 2. The normalized spacial score (nSPS) is 25.9. The fraction of sp³-hybridized carbons (Fsp3) is 0.481. The summed E-state index contributed by atoms with van der Waals surface area (Å²) in [5, 5.41) is 3.50. The Bertz CT molecular complexity index is 1160. The Morgan fingerprint density at radius 2 is 1.77 bits per heavy atom. The lowest BCUT2D eigenvalue weighted by atomic mass is 9.65. The molecule has 0 bridgehead atoms. The van der Waals surface area contributed by atoms with Crippen LogP contribution in [0.2, 0.25) is 5.02 Å². The minimum absolute atomic E-state index is 0.00237. The first-order valence-electron chi connectivity index (χ1n) is 11.8. The van der Waals surface area contributed by atoms with Gasteiger partial charge in [-0.3, -0.25) is 9.59 Å². The smallest absolute Gasteiger partial charge is 0.215 e. The molecule has 188 valence electrons. The zero-order chi connectivity index (χ0) is 25.7. The molecule has 0 aromatic heterocycles. The minimum atomic E-state index is -1.43. The van der Waals surface area contributed by atoms with Gasteiger partial charge in [0.05, 0.1) is 26.2 Å². The third-order valence-electron chi connectivity index (χ3n) is 7.30. The summed E-state index contributed by atoms with van der Waals surface area (Å²) < 4.78 is 17.1. The first-order valence-corrected chi connectivity index (χ1v) is 12.1. The van der Waals surface area contributed by atoms with Gasteiger partial charge in [-0.15, -0.1) is 0 Å². The fourth-order valence-electron chi connectivity index (χ4n) is 5.15. The number of nitrogens with one attached hydrogen (secondary N) is 1. The van der Waals surface area contributed by atoms with Crippen LogP contribution in [0.1, 0.15) is 50.0 Å². The highest BCUT2D eigenvalue weighted by Crippen LogP contribution is 2.54. The van der Waals surface area contributed by atoms with Crippen molar-refractivity contribution in [2.75, 3.05) is 26.1 Å². The largest absolute Gasteiger partial charge is 0.496 e. The molecule has 0 amide bonds. The van der Waals surface area contributed by atoms with Crippen molar-refractivity contribution in [3.8, 4) is 17.2 Å². The predicted octanol–water partition coefficient (Wildman–Crippen LogP) is 4.63. The summed E-state index contributed by atoms with van der Waals surface area (Å²) in [4.78, 5) is 26.9. The maximum atomic E-state index is 13.9. The molecule has 1 spiro atoms. The van der Waals surface area contributed by atoms with E-state index in [1.54, 1.807) is 6.07 Å². The van der Waals surface area contributed by atoms with Gasteiger partial charge in [0, 0.05) is 30.6 Å². The standard InChI is InChI=1S/C27H33ClN2O5/c1-14-11-18(31)17(13-30-16-9-7-15(8-10-16)26(2,3)4)24(29)27(14)25(32)21-19(33-5)12-20(34-6)22(28)23(21)35-27/h7-10,12,14,17,24,30H,11,13,29H2,1-6H3/t14-,17?,24?,27+/m1/s1. The molecule has 2 aliphatic rings. The highest BCUT2D eigenvalue weighted by Gasteiger charge is 2.63. The molecule has 4 rings (SSSR count). The maximum Gasteiger partial charge on any atom is 0.215 e. The van der Waals surface area contributed by atoms with Crippen LogP contribution in [0.3, 0.4) is 0 Å². The van der Waals surface area contributed by atoms with Gasteiger partial charge in [0.2, 0.25) is 5.78 Å². The number of rotatable bonds is 5. The average Bonchev–Trinajstić information content (AvgIpc) is 3.13. The zero-order valence-electron chi connectivity index (χ0n) is 21.0. The molecule has 2 aromatic rings. The fourth-order valence-corrected chi connectivity index (χ4v) is 5.42. The van der Waals surface area contributed by atoms with Gasteiger partial charge in [-0.05, 0) is 23.1 Å². The topological polar surface area (TPSA) is 99.9 Å². The summed E-state index contributed by atoms with van der Waals surface area (Å²) >= 11 is 6.52. The number of carbonyl (C=O) groups excluding carboxylic acids is 2. The summed E-state index contributed by atoms with van der Waals surface area (Å²) in [6.45, 7) is 8.56. The van der Waals surface area contributed by atoms with E-state index < -0.39 is 23.5 Å². The third kappa shape index (κ3) is 4.04. The second-order valence-electron chi connectivity index (χ2n) is 10.4. The summed E-state index contributed by atoms with van der Waals surface area (Å²) in [5.41, 5.74) is 7.65. The SMILES string of the molecule is COc1cc(OC)c2c(c1Cl)O[C@]1(C2=O)C(N)C(CNc2ccc(C(C)(C)C)cc2)C(=O)C[C@H]1C. The molecule has 0 saturated heterocycles. The van der Waals surface area contributed by atoms with Crippen LogP contribution in [0.25, 0.3) is 0 Å². The van der Waals surface area contributed by atoms with Crippen LogP contribution < -0.4 is 25.3 Å². The molecule has 0 radical (unpaired) electrons. The maximum absolute atomic E-state index is 13.9. The van der Waals surface area contributed by atoms with Gasteiger partial charge >= 0.3 is 0 Å². The Hall–Kier alpha value is -2.77. The summed E-state index contributed by atoms with van der Waals surface area (Å²) in [6.07, 6.45) is 0.166. The Morgan fingerprint density at radius 1 is 1.14 bits per heavy atom. The number of hydrogen-bond acceptors (Lipinski definition) is 7. The molecule has 1 heterocycles. The van der Waals surface area contributed by atoms with E-state index >= 15 is 0 Å². The molecular weight excluding hydrogens is 468 g/mol. The summed E-state index contributed by atoms with van der Waals surface area (Å²) in [5.74, 6) is -0.574. The summed E-state index contributed by atoms with van der Waals surface area (Å²) in [6, 6.07) is 8.79. The van der Waals surface area contributed by atoms with Crippen LogP contribution in [0.4, 0.5) is 5.69 Å². The van der Waals surface area contributed by atoms with Gasteiger partial charge in [-0.2, -0.15) is 0 Å². The molecular formula is C27H33ClN2O5. The van der Waals surface area contributed by atoms with Gasteiger partial charge in [0.1, 0.15) is 27.9 Å². The van der Waals surface area contributed by atoms with Crippen molar-refractivity contribution in [1.29, 1.82) is 0 Å². The van der Waals surface area contributed by atoms with Gasteiger partial charge in [0.25, 0.3) is 0 Å². The lowest BCUT2D eigenvalue weighted by Gasteiger charge is -2.45. The Morgan fingerprint density at radius 3 is 2.34 bits per heavy atom.